The minimum Gasteiger partial charge on any atom is -0.357 e. The standard InChI is InChI=1S/C15H24N4.2ClH/c16-13-8-12(9-13)14-10-15(18-11-17-14)19-6-4-2-1-3-5-7-19;;/h10-13H,1-9,16H2;2*1H. The van der Waals surface area contributed by atoms with Crippen LogP contribution in [0.4, 0.5) is 5.82 Å². The second kappa shape index (κ2) is 8.76. The molecule has 1 aromatic heterocycles. The van der Waals surface area contributed by atoms with Gasteiger partial charge in [-0.05, 0) is 25.7 Å². The van der Waals surface area contributed by atoms with E-state index in [0.29, 0.717) is 12.0 Å². The Kier molecular flexibility index (Phi) is 7.71. The zero-order chi connectivity index (χ0) is 13.1. The fourth-order valence-electron chi connectivity index (χ4n) is 3.14. The summed E-state index contributed by atoms with van der Waals surface area (Å²) >= 11 is 0. The van der Waals surface area contributed by atoms with Gasteiger partial charge >= 0.3 is 0 Å². The molecule has 4 nitrogen and oxygen atoms in total. The van der Waals surface area contributed by atoms with Crippen LogP contribution in [-0.4, -0.2) is 29.1 Å². The summed E-state index contributed by atoms with van der Waals surface area (Å²) in [5.41, 5.74) is 7.06. The highest BCUT2D eigenvalue weighted by atomic mass is 35.5. The minimum atomic E-state index is 0. The summed E-state index contributed by atoms with van der Waals surface area (Å²) in [6.45, 7) is 2.28. The summed E-state index contributed by atoms with van der Waals surface area (Å²) in [6.07, 6.45) is 10.6. The molecule has 0 spiro atoms. The van der Waals surface area contributed by atoms with Crippen LogP contribution in [0.25, 0.3) is 0 Å². The number of rotatable bonds is 2. The second-order valence-electron chi connectivity index (χ2n) is 5.98. The Hall–Kier alpha value is -0.580. The van der Waals surface area contributed by atoms with Crippen molar-refractivity contribution in [3.63, 3.8) is 0 Å². The van der Waals surface area contributed by atoms with Crippen molar-refractivity contribution >= 4 is 30.6 Å². The van der Waals surface area contributed by atoms with Crippen molar-refractivity contribution in [2.24, 2.45) is 5.73 Å². The van der Waals surface area contributed by atoms with Crippen molar-refractivity contribution in [2.75, 3.05) is 18.0 Å². The Morgan fingerprint density at radius 1 is 0.952 bits per heavy atom. The van der Waals surface area contributed by atoms with E-state index in [1.165, 1.54) is 37.8 Å². The molecule has 6 heteroatoms. The predicted molar refractivity (Wildman–Crippen MR) is 91.8 cm³/mol. The van der Waals surface area contributed by atoms with Gasteiger partial charge in [-0.2, -0.15) is 0 Å². The Bertz CT molecular complexity index is 416. The van der Waals surface area contributed by atoms with E-state index in [1.807, 2.05) is 0 Å². The minimum absolute atomic E-state index is 0. The van der Waals surface area contributed by atoms with Crippen LogP contribution in [0.3, 0.4) is 0 Å². The fourth-order valence-corrected chi connectivity index (χ4v) is 3.14. The van der Waals surface area contributed by atoms with Gasteiger partial charge in [0.1, 0.15) is 12.1 Å². The quantitative estimate of drug-likeness (QED) is 0.902. The van der Waals surface area contributed by atoms with E-state index < -0.39 is 0 Å². The molecule has 0 aromatic carbocycles. The molecule has 0 atom stereocenters. The number of hydrogen-bond donors (Lipinski definition) is 1. The number of nitrogens with zero attached hydrogens (tertiary/aromatic N) is 3. The Morgan fingerprint density at radius 3 is 2.19 bits per heavy atom. The van der Waals surface area contributed by atoms with Crippen LogP contribution in [0, 0.1) is 0 Å². The lowest BCUT2D eigenvalue weighted by atomic mass is 9.78. The molecule has 3 rings (SSSR count). The van der Waals surface area contributed by atoms with Gasteiger partial charge in [0.05, 0.1) is 0 Å². The average molecular weight is 333 g/mol. The van der Waals surface area contributed by atoms with Gasteiger partial charge in [-0.15, -0.1) is 24.8 Å². The second-order valence-corrected chi connectivity index (χ2v) is 5.98. The van der Waals surface area contributed by atoms with Crippen LogP contribution in [-0.2, 0) is 0 Å². The largest absolute Gasteiger partial charge is 0.357 e. The van der Waals surface area contributed by atoms with E-state index in [-0.39, 0.29) is 24.8 Å². The summed E-state index contributed by atoms with van der Waals surface area (Å²) in [5, 5.41) is 0. The summed E-state index contributed by atoms with van der Waals surface area (Å²) in [6, 6.07) is 2.57. The topological polar surface area (TPSA) is 55.0 Å². The van der Waals surface area contributed by atoms with Crippen molar-refractivity contribution in [3.8, 4) is 0 Å². The lowest BCUT2D eigenvalue weighted by Gasteiger charge is -2.32. The lowest BCUT2D eigenvalue weighted by Crippen LogP contribution is -2.35. The van der Waals surface area contributed by atoms with Gasteiger partial charge in [0.25, 0.3) is 0 Å². The van der Waals surface area contributed by atoms with Crippen molar-refractivity contribution in [1.29, 1.82) is 0 Å². The monoisotopic (exact) mass is 332 g/mol. The van der Waals surface area contributed by atoms with Crippen LogP contribution in [0.2, 0.25) is 0 Å². The van der Waals surface area contributed by atoms with Crippen molar-refractivity contribution in [2.45, 2.75) is 56.9 Å². The number of nitrogens with two attached hydrogens (primary N) is 1. The molecule has 21 heavy (non-hydrogen) atoms. The first-order valence-corrected chi connectivity index (χ1v) is 7.65. The maximum Gasteiger partial charge on any atom is 0.132 e. The molecule has 2 aliphatic rings. The normalized spacial score (nSPS) is 25.7. The number of hydrogen-bond acceptors (Lipinski definition) is 4. The highest BCUT2D eigenvalue weighted by Crippen LogP contribution is 2.35. The van der Waals surface area contributed by atoms with E-state index in [0.717, 1.165) is 31.7 Å². The fraction of sp³-hybridized carbons (Fsp3) is 0.733. The molecule has 2 N–H and O–H groups in total. The van der Waals surface area contributed by atoms with Crippen LogP contribution in [0.1, 0.15) is 56.6 Å². The van der Waals surface area contributed by atoms with Gasteiger partial charge < -0.3 is 10.6 Å². The molecule has 0 bridgehead atoms. The van der Waals surface area contributed by atoms with Gasteiger partial charge in [-0.1, -0.05) is 19.3 Å². The van der Waals surface area contributed by atoms with Gasteiger partial charge in [-0.3, -0.25) is 0 Å². The molecule has 0 amide bonds. The van der Waals surface area contributed by atoms with Crippen LogP contribution in [0.5, 0.6) is 0 Å². The van der Waals surface area contributed by atoms with Gasteiger partial charge in [0.2, 0.25) is 0 Å². The molecule has 1 aliphatic carbocycles. The molecule has 120 valence electrons. The van der Waals surface area contributed by atoms with Crippen molar-refractivity contribution in [1.82, 2.24) is 9.97 Å². The first kappa shape index (κ1) is 18.5. The maximum atomic E-state index is 5.87. The zero-order valence-corrected chi connectivity index (χ0v) is 14.0. The molecule has 1 aliphatic heterocycles. The highest BCUT2D eigenvalue weighted by Gasteiger charge is 2.28. The van der Waals surface area contributed by atoms with Gasteiger partial charge in [-0.25, -0.2) is 9.97 Å². The highest BCUT2D eigenvalue weighted by molar-refractivity contribution is 5.85. The van der Waals surface area contributed by atoms with Crippen molar-refractivity contribution in [3.05, 3.63) is 18.1 Å². The molecule has 1 saturated heterocycles. The summed E-state index contributed by atoms with van der Waals surface area (Å²) in [7, 11) is 0. The Labute approximate surface area is 139 Å². The predicted octanol–water partition coefficient (Wildman–Crippen LogP) is 3.30. The molecule has 1 aromatic rings. The molecule has 2 heterocycles. The third-order valence-electron chi connectivity index (χ3n) is 4.45. The smallest absolute Gasteiger partial charge is 0.132 e. The lowest BCUT2D eigenvalue weighted by molar-refractivity contribution is 0.345. The first-order valence-electron chi connectivity index (χ1n) is 7.65. The SMILES string of the molecule is Cl.Cl.NC1CC(c2cc(N3CCCCCCC3)ncn2)C1. The molecular weight excluding hydrogens is 307 g/mol. The summed E-state index contributed by atoms with van der Waals surface area (Å²) in [5.74, 6) is 1.68. The van der Waals surface area contributed by atoms with Crippen molar-refractivity contribution < 1.29 is 0 Å². The average Bonchev–Trinajstić information content (AvgIpc) is 2.35. The molecule has 2 fully saturated rings. The van der Waals surface area contributed by atoms with E-state index in [4.69, 9.17) is 5.73 Å². The Balaban J connectivity index is 0.00000110. The number of anilines is 1. The molecule has 0 radical (unpaired) electrons. The maximum absolute atomic E-state index is 5.87. The van der Waals surface area contributed by atoms with Crippen LogP contribution >= 0.6 is 24.8 Å². The van der Waals surface area contributed by atoms with E-state index in [2.05, 4.69) is 20.9 Å². The van der Waals surface area contributed by atoms with E-state index >= 15 is 0 Å². The third kappa shape index (κ3) is 4.70. The summed E-state index contributed by atoms with van der Waals surface area (Å²) < 4.78 is 0. The van der Waals surface area contributed by atoms with Gasteiger partial charge in [0, 0.05) is 36.8 Å². The first-order chi connectivity index (χ1) is 9.33. The van der Waals surface area contributed by atoms with Gasteiger partial charge in [0.15, 0.2) is 0 Å². The number of aromatic nitrogens is 2. The molecule has 0 unspecified atom stereocenters. The van der Waals surface area contributed by atoms with Crippen LogP contribution < -0.4 is 10.6 Å². The molecular formula is C15H26Cl2N4. The summed E-state index contributed by atoms with van der Waals surface area (Å²) in [4.78, 5) is 11.4. The third-order valence-corrected chi connectivity index (χ3v) is 4.45. The number of halogens is 2. The van der Waals surface area contributed by atoms with E-state index in [1.54, 1.807) is 6.33 Å². The Morgan fingerprint density at radius 2 is 1.57 bits per heavy atom. The van der Waals surface area contributed by atoms with Crippen LogP contribution in [0.15, 0.2) is 12.4 Å². The molecule has 1 saturated carbocycles. The zero-order valence-electron chi connectivity index (χ0n) is 12.4. The van der Waals surface area contributed by atoms with E-state index in [9.17, 15) is 0 Å².